The minimum Gasteiger partial charge on any atom is -0.357 e. The zero-order valence-electron chi connectivity index (χ0n) is 16.3. The molecule has 0 radical (unpaired) electrons. The van der Waals surface area contributed by atoms with E-state index in [9.17, 15) is 4.79 Å². The van der Waals surface area contributed by atoms with Crippen LogP contribution in [-0.4, -0.2) is 16.0 Å². The topological polar surface area (TPSA) is 66.0 Å². The standard InChI is InChI=1S/C23H20N4OS2/c1-15-8-10-16(11-9-15)14-24-23(29)27-26-22(28)18-13-20(21-7-4-12-30-21)25-19-6-3-2-5-17(18)19/h2-13H,14H2,1H3,(H,26,28)(H2,24,27,29). The third-order valence-electron chi connectivity index (χ3n) is 4.60. The first-order valence-electron chi connectivity index (χ1n) is 9.43. The fourth-order valence-corrected chi connectivity index (χ4v) is 3.84. The highest BCUT2D eigenvalue weighted by molar-refractivity contribution is 7.80. The van der Waals surface area contributed by atoms with Crippen molar-refractivity contribution >= 4 is 45.5 Å². The summed E-state index contributed by atoms with van der Waals surface area (Å²) in [6.07, 6.45) is 0. The van der Waals surface area contributed by atoms with Gasteiger partial charge in [0.25, 0.3) is 5.91 Å². The second-order valence-electron chi connectivity index (χ2n) is 6.80. The molecule has 0 bridgehead atoms. The van der Waals surface area contributed by atoms with Gasteiger partial charge in [-0.3, -0.25) is 15.6 Å². The molecule has 3 N–H and O–H groups in total. The van der Waals surface area contributed by atoms with Crippen molar-refractivity contribution in [2.45, 2.75) is 13.5 Å². The molecule has 0 aliphatic heterocycles. The fourth-order valence-electron chi connectivity index (χ4n) is 3.03. The fraction of sp³-hybridized carbons (Fsp3) is 0.0870. The van der Waals surface area contributed by atoms with Crippen LogP contribution in [0.25, 0.3) is 21.5 Å². The Labute approximate surface area is 184 Å². The molecule has 0 saturated heterocycles. The van der Waals surface area contributed by atoms with Gasteiger partial charge in [0.05, 0.1) is 21.7 Å². The Kier molecular flexibility index (Phi) is 6.02. The molecule has 0 aliphatic rings. The molecule has 7 heteroatoms. The smallest absolute Gasteiger partial charge is 0.270 e. The van der Waals surface area contributed by atoms with Crippen LogP contribution in [0.2, 0.25) is 0 Å². The molecule has 2 aromatic heterocycles. The van der Waals surface area contributed by atoms with Crippen molar-refractivity contribution in [1.82, 2.24) is 21.2 Å². The molecular weight excluding hydrogens is 412 g/mol. The predicted octanol–water partition coefficient (Wildman–Crippen LogP) is 4.58. The lowest BCUT2D eigenvalue weighted by molar-refractivity contribution is 0.0945. The number of hydrogen-bond donors (Lipinski definition) is 3. The number of hydrogen-bond acceptors (Lipinski definition) is 4. The number of carbonyl (C=O) groups excluding carboxylic acids is 1. The van der Waals surface area contributed by atoms with E-state index in [0.29, 0.717) is 17.2 Å². The number of hydrazine groups is 1. The molecule has 0 saturated carbocycles. The van der Waals surface area contributed by atoms with Crippen molar-refractivity contribution in [3.05, 3.63) is 88.8 Å². The van der Waals surface area contributed by atoms with E-state index in [1.807, 2.05) is 66.9 Å². The quantitative estimate of drug-likeness (QED) is 0.325. The number of aromatic nitrogens is 1. The Morgan fingerprint density at radius 2 is 1.83 bits per heavy atom. The number of benzene rings is 2. The van der Waals surface area contributed by atoms with Crippen molar-refractivity contribution in [2.75, 3.05) is 0 Å². The molecule has 0 unspecified atom stereocenters. The highest BCUT2D eigenvalue weighted by Gasteiger charge is 2.14. The van der Waals surface area contributed by atoms with E-state index in [-0.39, 0.29) is 5.91 Å². The van der Waals surface area contributed by atoms with Gasteiger partial charge in [-0.15, -0.1) is 11.3 Å². The molecule has 30 heavy (non-hydrogen) atoms. The number of fused-ring (bicyclic) bond motifs is 1. The van der Waals surface area contributed by atoms with Crippen LogP contribution in [0.3, 0.4) is 0 Å². The molecule has 1 amide bonds. The van der Waals surface area contributed by atoms with E-state index < -0.39 is 0 Å². The maximum Gasteiger partial charge on any atom is 0.270 e. The largest absolute Gasteiger partial charge is 0.357 e. The van der Waals surface area contributed by atoms with E-state index in [2.05, 4.69) is 28.3 Å². The molecule has 2 heterocycles. The number of carbonyl (C=O) groups is 1. The van der Waals surface area contributed by atoms with Gasteiger partial charge in [0, 0.05) is 11.9 Å². The Morgan fingerprint density at radius 3 is 2.60 bits per heavy atom. The van der Waals surface area contributed by atoms with Crippen LogP contribution in [0, 0.1) is 6.92 Å². The summed E-state index contributed by atoms with van der Waals surface area (Å²) >= 11 is 6.87. The maximum atomic E-state index is 12.9. The first-order chi connectivity index (χ1) is 14.6. The average molecular weight is 433 g/mol. The van der Waals surface area contributed by atoms with Crippen molar-refractivity contribution < 1.29 is 4.79 Å². The summed E-state index contributed by atoms with van der Waals surface area (Å²) in [7, 11) is 0. The number of thiophene rings is 1. The zero-order chi connectivity index (χ0) is 20.9. The Bertz CT molecular complexity index is 1190. The third-order valence-corrected chi connectivity index (χ3v) is 5.74. The minimum atomic E-state index is -0.272. The molecule has 0 aliphatic carbocycles. The van der Waals surface area contributed by atoms with Gasteiger partial charge >= 0.3 is 0 Å². The molecule has 4 rings (SSSR count). The van der Waals surface area contributed by atoms with E-state index in [1.54, 1.807) is 11.3 Å². The summed E-state index contributed by atoms with van der Waals surface area (Å²) in [5.74, 6) is -0.272. The molecular formula is C23H20N4OS2. The number of nitrogens with one attached hydrogen (secondary N) is 3. The maximum absolute atomic E-state index is 12.9. The number of aryl methyl sites for hydroxylation is 1. The van der Waals surface area contributed by atoms with E-state index in [4.69, 9.17) is 17.2 Å². The molecule has 5 nitrogen and oxygen atoms in total. The van der Waals surface area contributed by atoms with Crippen molar-refractivity contribution in [2.24, 2.45) is 0 Å². The van der Waals surface area contributed by atoms with Crippen LogP contribution in [0.4, 0.5) is 0 Å². The van der Waals surface area contributed by atoms with Crippen LogP contribution < -0.4 is 16.2 Å². The SMILES string of the molecule is Cc1ccc(CNC(=S)NNC(=O)c2cc(-c3cccs3)nc3ccccc23)cc1. The predicted molar refractivity (Wildman–Crippen MR) is 126 cm³/mol. The number of thiocarbonyl (C=S) groups is 1. The van der Waals surface area contributed by atoms with Gasteiger partial charge in [-0.1, -0.05) is 54.1 Å². The lowest BCUT2D eigenvalue weighted by Gasteiger charge is -2.13. The number of amides is 1. The van der Waals surface area contributed by atoms with Crippen LogP contribution in [0.15, 0.2) is 72.1 Å². The van der Waals surface area contributed by atoms with Gasteiger partial charge in [0.2, 0.25) is 0 Å². The zero-order valence-corrected chi connectivity index (χ0v) is 17.9. The van der Waals surface area contributed by atoms with Crippen molar-refractivity contribution in [3.8, 4) is 10.6 Å². The second-order valence-corrected chi connectivity index (χ2v) is 8.15. The van der Waals surface area contributed by atoms with Gasteiger partial charge in [0.15, 0.2) is 5.11 Å². The minimum absolute atomic E-state index is 0.272. The van der Waals surface area contributed by atoms with Crippen LogP contribution in [0.1, 0.15) is 21.5 Å². The molecule has 0 spiro atoms. The number of pyridine rings is 1. The second kappa shape index (κ2) is 9.02. The number of rotatable bonds is 4. The van der Waals surface area contributed by atoms with E-state index in [1.165, 1.54) is 5.56 Å². The average Bonchev–Trinajstić information content (AvgIpc) is 3.31. The molecule has 150 valence electrons. The summed E-state index contributed by atoms with van der Waals surface area (Å²) < 4.78 is 0. The molecule has 2 aromatic carbocycles. The summed E-state index contributed by atoms with van der Waals surface area (Å²) in [6.45, 7) is 2.62. The Hall–Kier alpha value is -3.29. The summed E-state index contributed by atoms with van der Waals surface area (Å²) in [5.41, 5.74) is 9.87. The van der Waals surface area contributed by atoms with Gasteiger partial charge < -0.3 is 5.32 Å². The van der Waals surface area contributed by atoms with Crippen molar-refractivity contribution in [3.63, 3.8) is 0 Å². The first kappa shape index (κ1) is 20.0. The lowest BCUT2D eigenvalue weighted by atomic mass is 10.1. The third kappa shape index (κ3) is 4.64. The normalized spacial score (nSPS) is 10.6. The number of nitrogens with zero attached hydrogens (tertiary/aromatic N) is 1. The number of para-hydroxylation sites is 1. The molecule has 0 fully saturated rings. The van der Waals surface area contributed by atoms with Crippen LogP contribution >= 0.6 is 23.6 Å². The van der Waals surface area contributed by atoms with Crippen LogP contribution in [-0.2, 0) is 6.54 Å². The van der Waals surface area contributed by atoms with Gasteiger partial charge in [-0.05, 0) is 48.3 Å². The molecule has 4 aromatic rings. The first-order valence-corrected chi connectivity index (χ1v) is 10.7. The Balaban J connectivity index is 1.46. The monoisotopic (exact) mass is 432 g/mol. The van der Waals surface area contributed by atoms with Gasteiger partial charge in [-0.25, -0.2) is 4.98 Å². The van der Waals surface area contributed by atoms with E-state index >= 15 is 0 Å². The van der Waals surface area contributed by atoms with Gasteiger partial charge in [0.1, 0.15) is 0 Å². The molecule has 0 atom stereocenters. The summed E-state index contributed by atoms with van der Waals surface area (Å²) in [6, 6.07) is 21.6. The highest BCUT2D eigenvalue weighted by Crippen LogP contribution is 2.27. The summed E-state index contributed by atoms with van der Waals surface area (Å²) in [5, 5.41) is 6.22. The van der Waals surface area contributed by atoms with Crippen molar-refractivity contribution in [1.29, 1.82) is 0 Å². The summed E-state index contributed by atoms with van der Waals surface area (Å²) in [4.78, 5) is 18.6. The van der Waals surface area contributed by atoms with Gasteiger partial charge in [-0.2, -0.15) is 0 Å². The highest BCUT2D eigenvalue weighted by atomic mass is 32.1. The Morgan fingerprint density at radius 1 is 1.03 bits per heavy atom. The lowest BCUT2D eigenvalue weighted by Crippen LogP contribution is -2.46. The van der Waals surface area contributed by atoms with Crippen LogP contribution in [0.5, 0.6) is 0 Å². The van der Waals surface area contributed by atoms with E-state index in [0.717, 1.165) is 27.0 Å².